The first-order chi connectivity index (χ1) is 8.45. The number of nitrogens with zero attached hydrogens (tertiary/aromatic N) is 2. The van der Waals surface area contributed by atoms with E-state index in [9.17, 15) is 19.7 Å². The zero-order valence-electron chi connectivity index (χ0n) is 9.84. The van der Waals surface area contributed by atoms with Gasteiger partial charge < -0.3 is 0 Å². The van der Waals surface area contributed by atoms with Crippen LogP contribution in [-0.2, 0) is 4.79 Å². The first-order valence-electron chi connectivity index (χ1n) is 5.03. The lowest BCUT2D eigenvalue weighted by Gasteiger charge is -2.03. The fourth-order valence-corrected chi connectivity index (χ4v) is 1.06. The van der Waals surface area contributed by atoms with Gasteiger partial charge in [0.15, 0.2) is 0 Å². The molecule has 0 saturated heterocycles. The van der Waals surface area contributed by atoms with Gasteiger partial charge in [-0.25, -0.2) is 0 Å². The first-order valence-corrected chi connectivity index (χ1v) is 5.03. The molecule has 0 atom stereocenters. The SMILES string of the molecule is C/C=C(\C)C(=O)NC(=O)c1cncc([N+](=O)[O-])c1. The molecule has 1 rings (SSSR count). The van der Waals surface area contributed by atoms with E-state index in [1.54, 1.807) is 19.9 Å². The van der Waals surface area contributed by atoms with Crippen LogP contribution < -0.4 is 5.32 Å². The summed E-state index contributed by atoms with van der Waals surface area (Å²) in [7, 11) is 0. The van der Waals surface area contributed by atoms with Crippen molar-refractivity contribution < 1.29 is 14.5 Å². The molecule has 18 heavy (non-hydrogen) atoms. The van der Waals surface area contributed by atoms with Crippen molar-refractivity contribution in [3.63, 3.8) is 0 Å². The van der Waals surface area contributed by atoms with Gasteiger partial charge in [-0.1, -0.05) is 6.08 Å². The van der Waals surface area contributed by atoms with Crippen LogP contribution in [0.4, 0.5) is 5.69 Å². The van der Waals surface area contributed by atoms with Crippen molar-refractivity contribution in [1.82, 2.24) is 10.3 Å². The molecule has 2 amide bonds. The maximum Gasteiger partial charge on any atom is 0.288 e. The predicted molar refractivity (Wildman–Crippen MR) is 62.8 cm³/mol. The molecule has 0 aliphatic heterocycles. The second-order valence-electron chi connectivity index (χ2n) is 3.44. The van der Waals surface area contributed by atoms with E-state index < -0.39 is 16.7 Å². The number of pyridine rings is 1. The van der Waals surface area contributed by atoms with Crippen LogP contribution >= 0.6 is 0 Å². The lowest BCUT2D eigenvalue weighted by atomic mass is 10.2. The molecule has 1 heterocycles. The predicted octanol–water partition coefficient (Wildman–Crippen LogP) is 1.21. The van der Waals surface area contributed by atoms with Gasteiger partial charge in [-0.3, -0.25) is 30.0 Å². The molecule has 0 unspecified atom stereocenters. The number of hydrogen-bond donors (Lipinski definition) is 1. The van der Waals surface area contributed by atoms with Gasteiger partial charge in [0, 0.05) is 17.8 Å². The van der Waals surface area contributed by atoms with Crippen molar-refractivity contribution in [3.05, 3.63) is 45.8 Å². The van der Waals surface area contributed by atoms with Crippen LogP contribution in [0.3, 0.4) is 0 Å². The topological polar surface area (TPSA) is 102 Å². The molecule has 0 bridgehead atoms. The van der Waals surface area contributed by atoms with E-state index in [1.165, 1.54) is 0 Å². The van der Waals surface area contributed by atoms with Crippen molar-refractivity contribution in [2.75, 3.05) is 0 Å². The third kappa shape index (κ3) is 3.21. The molecule has 0 fully saturated rings. The summed E-state index contributed by atoms with van der Waals surface area (Å²) in [6, 6.07) is 1.06. The van der Waals surface area contributed by atoms with Crippen molar-refractivity contribution in [2.45, 2.75) is 13.8 Å². The number of amides is 2. The van der Waals surface area contributed by atoms with Crippen LogP contribution in [-0.4, -0.2) is 21.7 Å². The summed E-state index contributed by atoms with van der Waals surface area (Å²) in [5, 5.41) is 12.6. The van der Waals surface area contributed by atoms with E-state index in [-0.39, 0.29) is 11.3 Å². The lowest BCUT2D eigenvalue weighted by Crippen LogP contribution is -2.31. The van der Waals surface area contributed by atoms with Crippen molar-refractivity contribution in [1.29, 1.82) is 0 Å². The Labute approximate surface area is 103 Å². The highest BCUT2D eigenvalue weighted by Gasteiger charge is 2.15. The monoisotopic (exact) mass is 249 g/mol. The number of hydrogen-bond acceptors (Lipinski definition) is 5. The van der Waals surface area contributed by atoms with Gasteiger partial charge in [0.25, 0.3) is 17.5 Å². The maximum atomic E-state index is 11.6. The smallest absolute Gasteiger partial charge is 0.288 e. The van der Waals surface area contributed by atoms with Gasteiger partial charge >= 0.3 is 0 Å². The van der Waals surface area contributed by atoms with Crippen LogP contribution in [0.5, 0.6) is 0 Å². The first kappa shape index (κ1) is 13.5. The number of nitro groups is 1. The molecule has 0 saturated carbocycles. The lowest BCUT2D eigenvalue weighted by molar-refractivity contribution is -0.385. The molecule has 1 aromatic rings. The molecule has 0 aliphatic rings. The van der Waals surface area contributed by atoms with Crippen LogP contribution in [0.1, 0.15) is 24.2 Å². The van der Waals surface area contributed by atoms with Crippen LogP contribution in [0.25, 0.3) is 0 Å². The molecule has 7 heteroatoms. The molecule has 0 radical (unpaired) electrons. The molecule has 0 aliphatic carbocycles. The van der Waals surface area contributed by atoms with Crippen LogP contribution in [0, 0.1) is 10.1 Å². The fraction of sp³-hybridized carbons (Fsp3) is 0.182. The van der Waals surface area contributed by atoms with Gasteiger partial charge in [0.2, 0.25) is 0 Å². The van der Waals surface area contributed by atoms with Crippen molar-refractivity contribution >= 4 is 17.5 Å². The zero-order chi connectivity index (χ0) is 13.7. The second kappa shape index (κ2) is 5.67. The van der Waals surface area contributed by atoms with Crippen molar-refractivity contribution in [3.8, 4) is 0 Å². The quantitative estimate of drug-likeness (QED) is 0.492. The third-order valence-corrected chi connectivity index (χ3v) is 2.22. The normalized spacial score (nSPS) is 10.9. The van der Waals surface area contributed by atoms with E-state index >= 15 is 0 Å². The number of nitrogens with one attached hydrogen (secondary N) is 1. The summed E-state index contributed by atoms with van der Waals surface area (Å²) in [6.07, 6.45) is 3.73. The highest BCUT2D eigenvalue weighted by molar-refractivity contribution is 6.09. The van der Waals surface area contributed by atoms with Gasteiger partial charge in [-0.15, -0.1) is 0 Å². The standard InChI is InChI=1S/C11H11N3O4/c1-3-7(2)10(15)13-11(16)8-4-9(14(17)18)6-12-5-8/h3-6H,1-2H3,(H,13,15,16)/b7-3+. The van der Waals surface area contributed by atoms with E-state index in [4.69, 9.17) is 0 Å². The molecule has 1 aromatic heterocycles. The summed E-state index contributed by atoms with van der Waals surface area (Å²) in [6.45, 7) is 3.21. The number of rotatable bonds is 3. The van der Waals surface area contributed by atoms with Crippen LogP contribution in [0.2, 0.25) is 0 Å². The number of carbonyl (C=O) groups is 2. The zero-order valence-corrected chi connectivity index (χ0v) is 9.84. The van der Waals surface area contributed by atoms with E-state index in [1.807, 2.05) is 0 Å². The molecule has 94 valence electrons. The minimum absolute atomic E-state index is 0.0403. The van der Waals surface area contributed by atoms with Crippen molar-refractivity contribution in [2.24, 2.45) is 0 Å². The Morgan fingerprint density at radius 1 is 1.44 bits per heavy atom. The Hall–Kier alpha value is -2.57. The Morgan fingerprint density at radius 3 is 2.67 bits per heavy atom. The molecule has 0 spiro atoms. The number of carbonyl (C=O) groups excluding carboxylic acids is 2. The molecular formula is C11H11N3O4. The average molecular weight is 249 g/mol. The van der Waals surface area contributed by atoms with Gasteiger partial charge in [-0.2, -0.15) is 0 Å². The second-order valence-corrected chi connectivity index (χ2v) is 3.44. The fourth-order valence-electron chi connectivity index (χ4n) is 1.06. The van der Waals surface area contributed by atoms with Gasteiger partial charge in [0.05, 0.1) is 10.5 Å². The Bertz CT molecular complexity index is 537. The van der Waals surface area contributed by atoms with E-state index in [0.717, 1.165) is 18.5 Å². The third-order valence-electron chi connectivity index (χ3n) is 2.22. The minimum atomic E-state index is -0.725. The molecule has 7 nitrogen and oxygen atoms in total. The summed E-state index contributed by atoms with van der Waals surface area (Å²) < 4.78 is 0. The largest absolute Gasteiger partial charge is 0.288 e. The highest BCUT2D eigenvalue weighted by atomic mass is 16.6. The molecular weight excluding hydrogens is 238 g/mol. The Kier molecular flexibility index (Phi) is 4.25. The van der Waals surface area contributed by atoms with E-state index in [0.29, 0.717) is 5.57 Å². The van der Waals surface area contributed by atoms with Crippen LogP contribution in [0.15, 0.2) is 30.1 Å². The Balaban J connectivity index is 2.88. The van der Waals surface area contributed by atoms with Gasteiger partial charge in [0.1, 0.15) is 6.20 Å². The summed E-state index contributed by atoms with van der Waals surface area (Å²) in [5.74, 6) is -1.27. The summed E-state index contributed by atoms with van der Waals surface area (Å²) in [5.41, 5.74) is 0.0287. The average Bonchev–Trinajstić information content (AvgIpc) is 2.37. The van der Waals surface area contributed by atoms with E-state index in [2.05, 4.69) is 10.3 Å². The number of imide groups is 1. The number of allylic oxidation sites excluding steroid dienone is 1. The summed E-state index contributed by atoms with van der Waals surface area (Å²) >= 11 is 0. The minimum Gasteiger partial charge on any atom is -0.288 e. The molecule has 0 aromatic carbocycles. The highest BCUT2D eigenvalue weighted by Crippen LogP contribution is 2.10. The number of aromatic nitrogens is 1. The molecule has 1 N–H and O–H groups in total. The Morgan fingerprint density at radius 2 is 2.11 bits per heavy atom. The van der Waals surface area contributed by atoms with Gasteiger partial charge in [-0.05, 0) is 13.8 Å². The summed E-state index contributed by atoms with van der Waals surface area (Å²) in [4.78, 5) is 36.5. The maximum absolute atomic E-state index is 11.6.